The molecule has 2 N–H and O–H groups in total. The number of benzene rings is 1. The number of rotatable bonds is 12. The first-order valence-corrected chi connectivity index (χ1v) is 16.5. The molecule has 1 aromatic rings. The van der Waals surface area contributed by atoms with Crippen LogP contribution in [0.3, 0.4) is 0 Å². The molecular weight excluding hydrogens is 560 g/mol. The predicted octanol–water partition coefficient (Wildman–Crippen LogP) is 2.40. The van der Waals surface area contributed by atoms with E-state index >= 15 is 0 Å². The van der Waals surface area contributed by atoms with Crippen molar-refractivity contribution in [1.29, 1.82) is 0 Å². The van der Waals surface area contributed by atoms with Crippen LogP contribution in [0.5, 0.6) is 0 Å². The van der Waals surface area contributed by atoms with E-state index in [4.69, 9.17) is 4.74 Å². The van der Waals surface area contributed by atoms with Gasteiger partial charge < -0.3 is 19.9 Å². The van der Waals surface area contributed by atoms with Gasteiger partial charge in [0.25, 0.3) is 5.91 Å². The summed E-state index contributed by atoms with van der Waals surface area (Å²) in [5, 5.41) is 2.20. The van der Waals surface area contributed by atoms with Gasteiger partial charge in [0.05, 0.1) is 11.8 Å². The van der Waals surface area contributed by atoms with Crippen LogP contribution in [0.25, 0.3) is 0 Å². The normalized spacial score (nSPS) is 26.9. The summed E-state index contributed by atoms with van der Waals surface area (Å²) in [6.07, 6.45) is 9.24. The molecule has 228 valence electrons. The van der Waals surface area contributed by atoms with E-state index in [0.717, 1.165) is 37.7 Å². The molecule has 1 aromatic carbocycles. The van der Waals surface area contributed by atoms with E-state index in [0.29, 0.717) is 32.3 Å². The van der Waals surface area contributed by atoms with E-state index in [1.165, 1.54) is 10.5 Å². The topological polar surface area (TPSA) is 142 Å². The molecule has 0 aromatic heterocycles. The van der Waals surface area contributed by atoms with Gasteiger partial charge in [-0.2, -0.15) is 0 Å². The standard InChI is InChI=1S/C30H40N4O7S/c1-2-3-4-5-6-11-23-17-30(23,28(37)32-42(39,40)25-12-13-25)31-27(36)26-16-24(19-34(26)20-35)41-29(38)33-15-14-21-9-7-8-10-22(21)18-33/h6-11,20,23-26H,2-5,12-19H2,1H3,(H,31,36)(H,32,37)/b11-6-/t23-,24-,26+,30?/m1/s1. The zero-order valence-corrected chi connectivity index (χ0v) is 24.8. The summed E-state index contributed by atoms with van der Waals surface area (Å²) in [6.45, 7) is 3.10. The molecule has 0 radical (unpaired) electrons. The second-order valence-electron chi connectivity index (χ2n) is 11.9. The van der Waals surface area contributed by atoms with Crippen molar-refractivity contribution in [2.24, 2.45) is 5.92 Å². The van der Waals surface area contributed by atoms with Crippen LogP contribution in [0.15, 0.2) is 36.4 Å². The van der Waals surface area contributed by atoms with Gasteiger partial charge in [-0.25, -0.2) is 13.2 Å². The summed E-state index contributed by atoms with van der Waals surface area (Å²) < 4.78 is 33.0. The molecule has 12 heteroatoms. The number of unbranched alkanes of at least 4 members (excludes halogenated alkanes) is 3. The van der Waals surface area contributed by atoms with E-state index in [1.807, 2.05) is 36.4 Å². The van der Waals surface area contributed by atoms with Crippen LogP contribution in [0.2, 0.25) is 0 Å². The third-order valence-electron chi connectivity index (χ3n) is 8.70. The number of sulfonamides is 1. The van der Waals surface area contributed by atoms with E-state index in [1.54, 1.807) is 4.90 Å². The van der Waals surface area contributed by atoms with Crippen LogP contribution in [-0.4, -0.2) is 78.6 Å². The molecule has 0 bridgehead atoms. The summed E-state index contributed by atoms with van der Waals surface area (Å²) in [5.41, 5.74) is 0.845. The number of carbonyl (C=O) groups is 4. The summed E-state index contributed by atoms with van der Waals surface area (Å²) in [5.74, 6) is -1.69. The number of hydrogen-bond acceptors (Lipinski definition) is 7. The largest absolute Gasteiger partial charge is 0.444 e. The zero-order chi connectivity index (χ0) is 29.9. The number of allylic oxidation sites excluding steroid dienone is 1. The van der Waals surface area contributed by atoms with Gasteiger partial charge in [0, 0.05) is 25.4 Å². The summed E-state index contributed by atoms with van der Waals surface area (Å²) >= 11 is 0. The molecule has 2 saturated carbocycles. The van der Waals surface area contributed by atoms with E-state index < -0.39 is 50.9 Å². The SMILES string of the molecule is CCCCC/C=C\[C@@H]1CC1(NC(=O)[C@@H]1C[C@@H](OC(=O)N2CCc3ccccc3C2)CN1C=O)C(=O)NS(=O)(=O)C1CC1. The highest BCUT2D eigenvalue weighted by atomic mass is 32.2. The zero-order valence-electron chi connectivity index (χ0n) is 24.0. The van der Waals surface area contributed by atoms with Crippen molar-refractivity contribution in [3.63, 3.8) is 0 Å². The van der Waals surface area contributed by atoms with Gasteiger partial charge in [0.15, 0.2) is 0 Å². The van der Waals surface area contributed by atoms with Crippen LogP contribution in [0.1, 0.15) is 69.4 Å². The fraction of sp³-hybridized carbons (Fsp3) is 0.600. The minimum atomic E-state index is -3.81. The van der Waals surface area contributed by atoms with Gasteiger partial charge in [0.1, 0.15) is 17.7 Å². The highest BCUT2D eigenvalue weighted by Crippen LogP contribution is 2.46. The van der Waals surface area contributed by atoms with Crippen molar-refractivity contribution in [1.82, 2.24) is 19.8 Å². The van der Waals surface area contributed by atoms with E-state index in [9.17, 15) is 27.6 Å². The van der Waals surface area contributed by atoms with Crippen molar-refractivity contribution in [3.05, 3.63) is 47.5 Å². The molecule has 1 saturated heterocycles. The minimum absolute atomic E-state index is 0.0494. The second-order valence-corrected chi connectivity index (χ2v) is 13.8. The average Bonchev–Trinajstić information content (AvgIpc) is 3.90. The number of carbonyl (C=O) groups excluding carboxylic acids is 4. The van der Waals surface area contributed by atoms with Crippen LogP contribution in [0, 0.1) is 5.92 Å². The number of likely N-dealkylation sites (tertiary alicyclic amines) is 1. The molecule has 0 spiro atoms. The Morgan fingerprint density at radius 3 is 2.62 bits per heavy atom. The third-order valence-corrected chi connectivity index (χ3v) is 10.5. The van der Waals surface area contributed by atoms with E-state index in [2.05, 4.69) is 17.0 Å². The Morgan fingerprint density at radius 2 is 1.90 bits per heavy atom. The van der Waals surface area contributed by atoms with Gasteiger partial charge in [-0.15, -0.1) is 0 Å². The highest BCUT2D eigenvalue weighted by Gasteiger charge is 2.62. The van der Waals surface area contributed by atoms with E-state index in [-0.39, 0.29) is 25.3 Å². The first-order chi connectivity index (χ1) is 20.2. The molecule has 5 rings (SSSR count). The number of hydrogen-bond donors (Lipinski definition) is 2. The van der Waals surface area contributed by atoms with Gasteiger partial charge in [-0.1, -0.05) is 56.2 Å². The Hall–Kier alpha value is -3.41. The molecule has 4 atom stereocenters. The highest BCUT2D eigenvalue weighted by molar-refractivity contribution is 7.91. The van der Waals surface area contributed by atoms with Crippen molar-refractivity contribution in [3.8, 4) is 0 Å². The quantitative estimate of drug-likeness (QED) is 0.213. The maximum Gasteiger partial charge on any atom is 0.410 e. The Morgan fingerprint density at radius 1 is 1.14 bits per heavy atom. The molecule has 2 aliphatic carbocycles. The Bertz CT molecular complexity index is 1340. The smallest absolute Gasteiger partial charge is 0.410 e. The van der Waals surface area contributed by atoms with Crippen LogP contribution < -0.4 is 10.0 Å². The van der Waals surface area contributed by atoms with Gasteiger partial charge in [0.2, 0.25) is 22.3 Å². The first kappa shape index (κ1) is 30.1. The maximum absolute atomic E-state index is 13.5. The second kappa shape index (κ2) is 12.4. The Kier molecular flexibility index (Phi) is 8.91. The van der Waals surface area contributed by atoms with Gasteiger partial charge in [-0.3, -0.25) is 19.1 Å². The first-order valence-electron chi connectivity index (χ1n) is 14.9. The van der Waals surface area contributed by atoms with Crippen molar-refractivity contribution in [2.45, 2.75) is 94.2 Å². The lowest BCUT2D eigenvalue weighted by Gasteiger charge is -2.29. The van der Waals surface area contributed by atoms with Crippen LogP contribution >= 0.6 is 0 Å². The molecule has 42 heavy (non-hydrogen) atoms. The number of ether oxygens (including phenoxy) is 1. The molecule has 11 nitrogen and oxygen atoms in total. The van der Waals surface area contributed by atoms with Crippen molar-refractivity contribution < 1.29 is 32.3 Å². The molecule has 4 aliphatic rings. The van der Waals surface area contributed by atoms with Crippen LogP contribution in [0.4, 0.5) is 4.79 Å². The number of nitrogens with one attached hydrogen (secondary N) is 2. The maximum atomic E-state index is 13.5. The number of nitrogens with zero attached hydrogens (tertiary/aromatic N) is 2. The molecular formula is C30H40N4O7S. The Balaban J connectivity index is 1.22. The molecule has 2 aliphatic heterocycles. The minimum Gasteiger partial charge on any atom is -0.444 e. The lowest BCUT2D eigenvalue weighted by molar-refractivity contribution is -0.134. The van der Waals surface area contributed by atoms with Gasteiger partial charge in [-0.05, 0) is 49.7 Å². The predicted molar refractivity (Wildman–Crippen MR) is 154 cm³/mol. The summed E-state index contributed by atoms with van der Waals surface area (Å²) in [4.78, 5) is 54.5. The van der Waals surface area contributed by atoms with Crippen molar-refractivity contribution in [2.75, 3.05) is 13.1 Å². The summed E-state index contributed by atoms with van der Waals surface area (Å²) in [7, 11) is -3.81. The van der Waals surface area contributed by atoms with Gasteiger partial charge >= 0.3 is 6.09 Å². The lowest BCUT2D eigenvalue weighted by atomic mass is 10.0. The monoisotopic (exact) mass is 600 g/mol. The molecule has 2 heterocycles. The number of fused-ring (bicyclic) bond motifs is 1. The van der Waals surface area contributed by atoms with Crippen LogP contribution in [-0.2, 0) is 42.1 Å². The fourth-order valence-corrected chi connectivity index (χ4v) is 7.25. The Labute approximate surface area is 247 Å². The fourth-order valence-electron chi connectivity index (χ4n) is 5.89. The number of amides is 4. The third kappa shape index (κ3) is 6.63. The summed E-state index contributed by atoms with van der Waals surface area (Å²) in [6, 6.07) is 6.96. The average molecular weight is 601 g/mol. The van der Waals surface area contributed by atoms with Crippen molar-refractivity contribution >= 4 is 34.3 Å². The molecule has 1 unspecified atom stereocenters. The molecule has 3 fully saturated rings. The molecule has 4 amide bonds. The lowest BCUT2D eigenvalue weighted by Crippen LogP contribution is -2.56.